The summed E-state index contributed by atoms with van der Waals surface area (Å²) in [6.45, 7) is 2.26. The monoisotopic (exact) mass is 352 g/mol. The number of nitrogens with one attached hydrogen (secondary N) is 1. The zero-order valence-electron chi connectivity index (χ0n) is 13.9. The van der Waals surface area contributed by atoms with E-state index >= 15 is 0 Å². The molecule has 0 bridgehead atoms. The number of ether oxygens (including phenoxy) is 1. The van der Waals surface area contributed by atoms with Crippen molar-refractivity contribution < 1.29 is 22.7 Å². The summed E-state index contributed by atoms with van der Waals surface area (Å²) in [5.74, 6) is -1.82. The Bertz CT molecular complexity index is 740. The molecule has 0 saturated heterocycles. The molecule has 0 radical (unpaired) electrons. The number of hydrogen-bond acceptors (Lipinski definition) is 3. The summed E-state index contributed by atoms with van der Waals surface area (Å²) in [6, 6.07) is 8.01. The highest BCUT2D eigenvalue weighted by Crippen LogP contribution is 2.16. The van der Waals surface area contributed by atoms with Crippen molar-refractivity contribution in [2.75, 3.05) is 25.5 Å². The molecule has 0 fully saturated rings. The summed E-state index contributed by atoms with van der Waals surface area (Å²) in [6.07, 6.45) is 0. The third-order valence-electron chi connectivity index (χ3n) is 3.74. The first-order valence-corrected chi connectivity index (χ1v) is 7.71. The Hall–Kier alpha value is -2.54. The predicted molar refractivity (Wildman–Crippen MR) is 89.0 cm³/mol. The van der Waals surface area contributed by atoms with E-state index in [-0.39, 0.29) is 12.3 Å². The molecule has 2 aromatic carbocycles. The van der Waals surface area contributed by atoms with Gasteiger partial charge in [-0.15, -0.1) is 0 Å². The fraction of sp³-hybridized carbons (Fsp3) is 0.278. The third-order valence-corrected chi connectivity index (χ3v) is 3.74. The van der Waals surface area contributed by atoms with Crippen molar-refractivity contribution in [2.45, 2.75) is 13.0 Å². The van der Waals surface area contributed by atoms with Gasteiger partial charge in [0, 0.05) is 18.7 Å². The van der Waals surface area contributed by atoms with Gasteiger partial charge in [-0.25, -0.2) is 13.2 Å². The van der Waals surface area contributed by atoms with Gasteiger partial charge in [0.05, 0.1) is 11.7 Å². The van der Waals surface area contributed by atoms with Crippen LogP contribution in [0.15, 0.2) is 42.5 Å². The Morgan fingerprint density at radius 2 is 1.88 bits per heavy atom. The molecule has 2 aromatic rings. The summed E-state index contributed by atoms with van der Waals surface area (Å²) in [5.41, 5.74) is -0.207. The number of amides is 1. The number of carbonyl (C=O) groups excluding carboxylic acids is 1. The summed E-state index contributed by atoms with van der Waals surface area (Å²) in [7, 11) is 1.70. The maximum Gasteiger partial charge on any atom is 0.241 e. The maximum absolute atomic E-state index is 13.6. The highest BCUT2D eigenvalue weighted by Gasteiger charge is 2.19. The van der Waals surface area contributed by atoms with Crippen LogP contribution in [0.2, 0.25) is 0 Å². The molecule has 1 amide bonds. The average Bonchev–Trinajstić information content (AvgIpc) is 2.57. The predicted octanol–water partition coefficient (Wildman–Crippen LogP) is 3.44. The number of nitrogens with zero attached hydrogens (tertiary/aromatic N) is 1. The highest BCUT2D eigenvalue weighted by molar-refractivity contribution is 5.94. The molecule has 0 aliphatic rings. The van der Waals surface area contributed by atoms with Crippen molar-refractivity contribution in [3.8, 4) is 5.75 Å². The van der Waals surface area contributed by atoms with Crippen LogP contribution in [0.4, 0.5) is 18.9 Å². The molecular formula is C18H19F3N2O2. The van der Waals surface area contributed by atoms with Gasteiger partial charge < -0.3 is 10.1 Å². The molecule has 0 aliphatic carbocycles. The van der Waals surface area contributed by atoms with Crippen molar-refractivity contribution in [3.63, 3.8) is 0 Å². The molecule has 25 heavy (non-hydrogen) atoms. The largest absolute Gasteiger partial charge is 0.492 e. The van der Waals surface area contributed by atoms with Crippen LogP contribution >= 0.6 is 0 Å². The van der Waals surface area contributed by atoms with Crippen molar-refractivity contribution >= 4 is 11.6 Å². The number of rotatable bonds is 7. The summed E-state index contributed by atoms with van der Waals surface area (Å²) >= 11 is 0. The standard InChI is InChI=1S/C18H19F3N2O2/c1-12(18(24)22-17-11-14(20)6-7-16(17)21)23(2)8-9-25-15-5-3-4-13(19)10-15/h3-7,10-12H,8-9H2,1-2H3,(H,22,24). The van der Waals surface area contributed by atoms with E-state index in [1.807, 2.05) is 0 Å². The normalized spacial score (nSPS) is 12.1. The molecule has 7 heteroatoms. The van der Waals surface area contributed by atoms with Gasteiger partial charge in [0.15, 0.2) is 0 Å². The molecule has 0 saturated carbocycles. The number of likely N-dealkylation sites (N-methyl/N-ethyl adjacent to an activating group) is 1. The van der Waals surface area contributed by atoms with Crippen LogP contribution in [0.25, 0.3) is 0 Å². The van der Waals surface area contributed by atoms with E-state index in [1.165, 1.54) is 18.2 Å². The molecule has 4 nitrogen and oxygen atoms in total. The Kier molecular flexibility index (Phi) is 6.41. The van der Waals surface area contributed by atoms with Crippen LogP contribution in [0, 0.1) is 17.5 Å². The van der Waals surface area contributed by atoms with Gasteiger partial charge in [-0.2, -0.15) is 0 Å². The molecule has 1 N–H and O–H groups in total. The van der Waals surface area contributed by atoms with Crippen molar-refractivity contribution in [1.82, 2.24) is 4.90 Å². The van der Waals surface area contributed by atoms with Crippen LogP contribution in [-0.2, 0) is 4.79 Å². The SMILES string of the molecule is CC(C(=O)Nc1cc(F)ccc1F)N(C)CCOc1cccc(F)c1. The van der Waals surface area contributed by atoms with Gasteiger partial charge in [-0.1, -0.05) is 6.07 Å². The molecule has 0 aliphatic heterocycles. The molecule has 1 unspecified atom stereocenters. The van der Waals surface area contributed by atoms with Crippen molar-refractivity contribution in [2.24, 2.45) is 0 Å². The lowest BCUT2D eigenvalue weighted by Crippen LogP contribution is -2.41. The molecule has 134 valence electrons. The minimum atomic E-state index is -0.709. The van der Waals surface area contributed by atoms with Crippen molar-refractivity contribution in [3.05, 3.63) is 59.9 Å². The number of hydrogen-bond donors (Lipinski definition) is 1. The topological polar surface area (TPSA) is 41.6 Å². The van der Waals surface area contributed by atoms with E-state index in [2.05, 4.69) is 5.32 Å². The van der Waals surface area contributed by atoms with E-state index in [4.69, 9.17) is 4.74 Å². The Labute approximate surface area is 144 Å². The van der Waals surface area contributed by atoms with Gasteiger partial charge in [0.1, 0.15) is 29.8 Å². The van der Waals surface area contributed by atoms with Gasteiger partial charge in [0.2, 0.25) is 5.91 Å². The average molecular weight is 352 g/mol. The first kappa shape index (κ1) is 18.8. The van der Waals surface area contributed by atoms with Crippen LogP contribution < -0.4 is 10.1 Å². The van der Waals surface area contributed by atoms with Crippen molar-refractivity contribution in [1.29, 1.82) is 0 Å². The number of anilines is 1. The second kappa shape index (κ2) is 8.53. The van der Waals surface area contributed by atoms with Crippen LogP contribution in [0.3, 0.4) is 0 Å². The van der Waals surface area contributed by atoms with Gasteiger partial charge in [0.25, 0.3) is 0 Å². The highest BCUT2D eigenvalue weighted by atomic mass is 19.1. The molecule has 0 heterocycles. The van der Waals surface area contributed by atoms with Crippen LogP contribution in [0.5, 0.6) is 5.75 Å². The Morgan fingerprint density at radius 3 is 2.60 bits per heavy atom. The first-order valence-electron chi connectivity index (χ1n) is 7.71. The number of benzene rings is 2. The number of halogens is 3. The lowest BCUT2D eigenvalue weighted by molar-refractivity contribution is -0.120. The Morgan fingerprint density at radius 1 is 1.16 bits per heavy atom. The maximum atomic E-state index is 13.6. The second-order valence-corrected chi connectivity index (χ2v) is 5.58. The van der Waals surface area contributed by atoms with Crippen LogP contribution in [-0.4, -0.2) is 37.0 Å². The van der Waals surface area contributed by atoms with E-state index < -0.39 is 29.4 Å². The van der Waals surface area contributed by atoms with E-state index in [9.17, 15) is 18.0 Å². The minimum Gasteiger partial charge on any atom is -0.492 e. The first-order chi connectivity index (χ1) is 11.9. The van der Waals surface area contributed by atoms with Crippen LogP contribution in [0.1, 0.15) is 6.92 Å². The lowest BCUT2D eigenvalue weighted by Gasteiger charge is -2.24. The molecule has 1 atom stereocenters. The summed E-state index contributed by atoms with van der Waals surface area (Å²) in [5, 5.41) is 2.36. The number of carbonyl (C=O) groups is 1. The second-order valence-electron chi connectivity index (χ2n) is 5.58. The zero-order chi connectivity index (χ0) is 18.4. The van der Waals surface area contributed by atoms with E-state index in [1.54, 1.807) is 24.9 Å². The zero-order valence-corrected chi connectivity index (χ0v) is 13.9. The van der Waals surface area contributed by atoms with Gasteiger partial charge in [-0.3, -0.25) is 9.69 Å². The summed E-state index contributed by atoms with van der Waals surface area (Å²) in [4.78, 5) is 13.8. The quantitative estimate of drug-likeness (QED) is 0.830. The Balaban J connectivity index is 1.85. The smallest absolute Gasteiger partial charge is 0.241 e. The van der Waals surface area contributed by atoms with E-state index in [0.29, 0.717) is 12.3 Å². The fourth-order valence-corrected chi connectivity index (χ4v) is 2.09. The third kappa shape index (κ3) is 5.49. The fourth-order valence-electron chi connectivity index (χ4n) is 2.09. The lowest BCUT2D eigenvalue weighted by atomic mass is 10.2. The molecule has 2 rings (SSSR count). The molecule has 0 aromatic heterocycles. The summed E-state index contributed by atoms with van der Waals surface area (Å²) < 4.78 is 45.2. The molecule has 0 spiro atoms. The molecular weight excluding hydrogens is 333 g/mol. The van der Waals surface area contributed by atoms with Gasteiger partial charge in [-0.05, 0) is 38.2 Å². The van der Waals surface area contributed by atoms with Gasteiger partial charge >= 0.3 is 0 Å². The minimum absolute atomic E-state index is 0.207. The van der Waals surface area contributed by atoms with E-state index in [0.717, 1.165) is 18.2 Å².